The first-order valence-electron chi connectivity index (χ1n) is 6.34. The maximum Gasteiger partial charge on any atom is 0.341 e. The van der Waals surface area contributed by atoms with Gasteiger partial charge in [-0.25, -0.2) is 4.79 Å². The van der Waals surface area contributed by atoms with Crippen LogP contribution < -0.4 is 10.6 Å². The van der Waals surface area contributed by atoms with Crippen LogP contribution >= 0.6 is 11.3 Å². The summed E-state index contributed by atoms with van der Waals surface area (Å²) >= 11 is 1.46. The average molecular weight is 292 g/mol. The quantitative estimate of drug-likeness (QED) is 0.486. The van der Waals surface area contributed by atoms with Crippen molar-refractivity contribution in [2.75, 3.05) is 25.5 Å². The molecule has 1 amide bonds. The first kappa shape index (κ1) is 14.6. The molecule has 0 saturated carbocycles. The number of ether oxygens (including phenoxy) is 1. The fourth-order valence-electron chi connectivity index (χ4n) is 2.23. The summed E-state index contributed by atoms with van der Waals surface area (Å²) in [5, 5.41) is 6.15. The number of methoxy groups -OCH3 is 1. The van der Waals surface area contributed by atoms with E-state index in [4.69, 9.17) is 11.2 Å². The predicted octanol–water partition coefficient (Wildman–Crippen LogP) is 1.18. The van der Waals surface area contributed by atoms with E-state index in [2.05, 4.69) is 16.6 Å². The Kier molecular flexibility index (Phi) is 4.77. The number of carbonyl (C=O) groups is 2. The van der Waals surface area contributed by atoms with E-state index >= 15 is 0 Å². The number of rotatable bonds is 5. The van der Waals surface area contributed by atoms with Crippen molar-refractivity contribution in [1.82, 2.24) is 5.32 Å². The molecule has 1 aromatic heterocycles. The largest absolute Gasteiger partial charge is 0.465 e. The van der Waals surface area contributed by atoms with Crippen LogP contribution in [-0.4, -0.2) is 32.1 Å². The van der Waals surface area contributed by atoms with E-state index in [1.54, 1.807) is 0 Å². The van der Waals surface area contributed by atoms with Crippen LogP contribution in [0.5, 0.6) is 0 Å². The van der Waals surface area contributed by atoms with Crippen molar-refractivity contribution in [3.8, 4) is 12.3 Å². The maximum absolute atomic E-state index is 11.9. The molecule has 1 aromatic rings. The van der Waals surface area contributed by atoms with Crippen molar-refractivity contribution in [1.29, 1.82) is 0 Å². The number of aryl methyl sites for hydroxylation is 1. The lowest BCUT2D eigenvalue weighted by atomic mass is 10.1. The first-order valence-corrected chi connectivity index (χ1v) is 7.16. The van der Waals surface area contributed by atoms with Crippen LogP contribution in [0, 0.1) is 12.3 Å². The Morgan fingerprint density at radius 3 is 2.95 bits per heavy atom. The zero-order valence-corrected chi connectivity index (χ0v) is 12.1. The van der Waals surface area contributed by atoms with E-state index in [9.17, 15) is 9.59 Å². The van der Waals surface area contributed by atoms with Crippen molar-refractivity contribution in [2.45, 2.75) is 19.3 Å². The lowest BCUT2D eigenvalue weighted by Crippen LogP contribution is -2.28. The van der Waals surface area contributed by atoms with E-state index in [0.29, 0.717) is 17.1 Å². The average Bonchev–Trinajstić information content (AvgIpc) is 2.98. The van der Waals surface area contributed by atoms with Gasteiger partial charge in [-0.3, -0.25) is 10.1 Å². The number of amides is 1. The Morgan fingerprint density at radius 1 is 1.45 bits per heavy atom. The highest BCUT2D eigenvalue weighted by atomic mass is 32.1. The predicted molar refractivity (Wildman–Crippen MR) is 78.0 cm³/mol. The van der Waals surface area contributed by atoms with E-state index < -0.39 is 5.97 Å². The molecular formula is C14H16N2O3S. The summed E-state index contributed by atoms with van der Waals surface area (Å²) in [6, 6.07) is 0. The molecule has 0 atom stereocenters. The van der Waals surface area contributed by atoms with Gasteiger partial charge in [0.1, 0.15) is 5.00 Å². The number of nitrogens with one attached hydrogen (secondary N) is 2. The maximum atomic E-state index is 11.9. The molecule has 2 rings (SSSR count). The Balaban J connectivity index is 2.14. The number of hydrogen-bond donors (Lipinski definition) is 2. The zero-order chi connectivity index (χ0) is 14.5. The fourth-order valence-corrected chi connectivity index (χ4v) is 3.52. The molecule has 0 radical (unpaired) electrons. The second-order valence-electron chi connectivity index (χ2n) is 4.41. The fraction of sp³-hybridized carbons (Fsp3) is 0.429. The van der Waals surface area contributed by atoms with Crippen molar-refractivity contribution in [2.24, 2.45) is 0 Å². The molecule has 0 aliphatic heterocycles. The summed E-state index contributed by atoms with van der Waals surface area (Å²) < 4.78 is 4.81. The van der Waals surface area contributed by atoms with Crippen molar-refractivity contribution < 1.29 is 14.3 Å². The zero-order valence-electron chi connectivity index (χ0n) is 11.2. The van der Waals surface area contributed by atoms with Gasteiger partial charge in [0.2, 0.25) is 5.91 Å². The highest BCUT2D eigenvalue weighted by molar-refractivity contribution is 7.17. The second-order valence-corrected chi connectivity index (χ2v) is 5.51. The van der Waals surface area contributed by atoms with Crippen LogP contribution in [-0.2, 0) is 22.4 Å². The molecule has 6 heteroatoms. The molecule has 1 aliphatic rings. The van der Waals surface area contributed by atoms with Gasteiger partial charge >= 0.3 is 5.97 Å². The lowest BCUT2D eigenvalue weighted by Gasteiger charge is -2.07. The smallest absolute Gasteiger partial charge is 0.341 e. The molecule has 5 nitrogen and oxygen atoms in total. The van der Waals surface area contributed by atoms with Gasteiger partial charge in [0, 0.05) is 4.88 Å². The van der Waals surface area contributed by atoms with Gasteiger partial charge < -0.3 is 10.1 Å². The summed E-state index contributed by atoms with van der Waals surface area (Å²) in [5.74, 6) is 1.78. The third-order valence-electron chi connectivity index (χ3n) is 3.08. The molecule has 0 bridgehead atoms. The van der Waals surface area contributed by atoms with Gasteiger partial charge in [-0.2, -0.15) is 0 Å². The number of anilines is 1. The SMILES string of the molecule is C#CCNCC(=O)Nc1sc2c(c1C(=O)OC)CCC2. The summed E-state index contributed by atoms with van der Waals surface area (Å²) in [6.07, 6.45) is 7.96. The molecule has 20 heavy (non-hydrogen) atoms. The molecule has 1 aliphatic carbocycles. The Hall–Kier alpha value is -1.84. The summed E-state index contributed by atoms with van der Waals surface area (Å²) in [5.41, 5.74) is 1.53. The standard InChI is InChI=1S/C14H16N2O3S/c1-3-7-15-8-11(17)16-13-12(14(18)19-2)9-5-4-6-10(9)20-13/h1,15H,4-8H2,2H3,(H,16,17). The Morgan fingerprint density at radius 2 is 2.25 bits per heavy atom. The van der Waals surface area contributed by atoms with Gasteiger partial charge in [0.05, 0.1) is 25.8 Å². The Bertz CT molecular complexity index is 572. The minimum atomic E-state index is -0.392. The second kappa shape index (κ2) is 6.55. The number of terminal acetylenes is 1. The molecule has 0 fully saturated rings. The highest BCUT2D eigenvalue weighted by Crippen LogP contribution is 2.39. The molecule has 0 aromatic carbocycles. The summed E-state index contributed by atoms with van der Waals surface area (Å²) in [4.78, 5) is 24.8. The molecule has 0 spiro atoms. The van der Waals surface area contributed by atoms with Crippen LogP contribution in [0.1, 0.15) is 27.2 Å². The number of hydrogen-bond acceptors (Lipinski definition) is 5. The van der Waals surface area contributed by atoms with Crippen LogP contribution in [0.25, 0.3) is 0 Å². The highest BCUT2D eigenvalue weighted by Gasteiger charge is 2.27. The third-order valence-corrected chi connectivity index (χ3v) is 4.28. The molecule has 106 valence electrons. The van der Waals surface area contributed by atoms with Crippen LogP contribution in [0.4, 0.5) is 5.00 Å². The molecular weight excluding hydrogens is 276 g/mol. The number of fused-ring (bicyclic) bond motifs is 1. The van der Waals surface area contributed by atoms with Gasteiger partial charge in [-0.05, 0) is 24.8 Å². The van der Waals surface area contributed by atoms with Crippen molar-refractivity contribution in [3.05, 3.63) is 16.0 Å². The topological polar surface area (TPSA) is 67.4 Å². The summed E-state index contributed by atoms with van der Waals surface area (Å²) in [7, 11) is 1.35. The first-order chi connectivity index (χ1) is 9.67. The van der Waals surface area contributed by atoms with E-state index in [-0.39, 0.29) is 12.5 Å². The molecule has 0 saturated heterocycles. The number of thiophene rings is 1. The molecule has 1 heterocycles. The number of carbonyl (C=O) groups excluding carboxylic acids is 2. The number of esters is 1. The van der Waals surface area contributed by atoms with E-state index in [1.807, 2.05) is 0 Å². The molecule has 2 N–H and O–H groups in total. The summed E-state index contributed by atoms with van der Waals surface area (Å²) in [6.45, 7) is 0.450. The van der Waals surface area contributed by atoms with E-state index in [1.165, 1.54) is 18.4 Å². The van der Waals surface area contributed by atoms with Crippen molar-refractivity contribution >= 4 is 28.2 Å². The molecule has 0 unspecified atom stereocenters. The van der Waals surface area contributed by atoms with Gasteiger partial charge in [-0.15, -0.1) is 17.8 Å². The van der Waals surface area contributed by atoms with Crippen LogP contribution in [0.15, 0.2) is 0 Å². The normalized spacial score (nSPS) is 12.6. The van der Waals surface area contributed by atoms with E-state index in [0.717, 1.165) is 29.7 Å². The van der Waals surface area contributed by atoms with Gasteiger partial charge in [-0.1, -0.05) is 5.92 Å². The minimum absolute atomic E-state index is 0.118. The lowest BCUT2D eigenvalue weighted by molar-refractivity contribution is -0.115. The van der Waals surface area contributed by atoms with Gasteiger partial charge in [0.15, 0.2) is 0 Å². The Labute approximate surface area is 121 Å². The monoisotopic (exact) mass is 292 g/mol. The van der Waals surface area contributed by atoms with Gasteiger partial charge in [0.25, 0.3) is 0 Å². The van der Waals surface area contributed by atoms with Crippen molar-refractivity contribution in [3.63, 3.8) is 0 Å². The minimum Gasteiger partial charge on any atom is -0.465 e. The van der Waals surface area contributed by atoms with Crippen LogP contribution in [0.2, 0.25) is 0 Å². The third kappa shape index (κ3) is 3.00. The van der Waals surface area contributed by atoms with Crippen LogP contribution in [0.3, 0.4) is 0 Å².